The summed E-state index contributed by atoms with van der Waals surface area (Å²) < 4.78 is -0.173. The number of carbonyl (C=O) groups excluding carboxylic acids is 1. The molecule has 5 nitrogen and oxygen atoms in total. The third-order valence-electron chi connectivity index (χ3n) is 4.41. The van der Waals surface area contributed by atoms with Gasteiger partial charge in [-0.15, -0.1) is 0 Å². The SMILES string of the molecule is C[N+]1(C(=O)[O-])CCc2ccccc2CC1c1cnccn1. The molecule has 1 aliphatic heterocycles. The molecule has 0 N–H and O–H groups in total. The fourth-order valence-corrected chi connectivity index (χ4v) is 3.02. The first-order valence-electron chi connectivity index (χ1n) is 7.01. The minimum Gasteiger partial charge on any atom is -0.498 e. The van der Waals surface area contributed by atoms with Crippen LogP contribution in [0.15, 0.2) is 42.9 Å². The smallest absolute Gasteiger partial charge is 0.257 e. The summed E-state index contributed by atoms with van der Waals surface area (Å²) in [7, 11) is 1.71. The van der Waals surface area contributed by atoms with Crippen molar-refractivity contribution in [3.63, 3.8) is 0 Å². The second-order valence-electron chi connectivity index (χ2n) is 5.63. The summed E-state index contributed by atoms with van der Waals surface area (Å²) in [5.74, 6) is 0. The summed E-state index contributed by atoms with van der Waals surface area (Å²) in [6.07, 6.45) is 5.12. The number of hydrogen-bond donors (Lipinski definition) is 0. The Morgan fingerprint density at radius 2 is 2.05 bits per heavy atom. The molecular weight excluding hydrogens is 266 g/mol. The molecule has 0 fully saturated rings. The predicted octanol–water partition coefficient (Wildman–Crippen LogP) is 1.11. The molecule has 0 saturated carbocycles. The molecule has 2 heterocycles. The Kier molecular flexibility index (Phi) is 3.43. The Morgan fingerprint density at radius 1 is 1.29 bits per heavy atom. The summed E-state index contributed by atoms with van der Waals surface area (Å²) in [4.78, 5) is 20.2. The van der Waals surface area contributed by atoms with Crippen molar-refractivity contribution in [3.05, 3.63) is 59.7 Å². The second-order valence-corrected chi connectivity index (χ2v) is 5.63. The zero-order valence-electron chi connectivity index (χ0n) is 11.9. The van der Waals surface area contributed by atoms with Gasteiger partial charge in [0, 0.05) is 25.2 Å². The van der Waals surface area contributed by atoms with Gasteiger partial charge in [-0.05, 0) is 11.1 Å². The normalized spacial score (nSPS) is 24.9. The molecule has 108 valence electrons. The van der Waals surface area contributed by atoms with E-state index in [1.54, 1.807) is 25.6 Å². The van der Waals surface area contributed by atoms with Crippen molar-refractivity contribution in [1.29, 1.82) is 0 Å². The highest BCUT2D eigenvalue weighted by molar-refractivity contribution is 5.54. The van der Waals surface area contributed by atoms with Crippen molar-refractivity contribution in [2.24, 2.45) is 0 Å². The average Bonchev–Trinajstić information content (AvgIpc) is 2.66. The van der Waals surface area contributed by atoms with E-state index in [1.165, 1.54) is 11.1 Å². The van der Waals surface area contributed by atoms with Gasteiger partial charge in [0.2, 0.25) is 0 Å². The van der Waals surface area contributed by atoms with Crippen LogP contribution in [-0.2, 0) is 12.8 Å². The van der Waals surface area contributed by atoms with E-state index in [0.29, 0.717) is 18.7 Å². The fraction of sp³-hybridized carbons (Fsp3) is 0.312. The molecule has 2 unspecified atom stereocenters. The van der Waals surface area contributed by atoms with Gasteiger partial charge in [-0.1, -0.05) is 24.3 Å². The van der Waals surface area contributed by atoms with Crippen LogP contribution in [0.25, 0.3) is 0 Å². The van der Waals surface area contributed by atoms with Crippen LogP contribution >= 0.6 is 0 Å². The molecule has 3 rings (SSSR count). The summed E-state index contributed by atoms with van der Waals surface area (Å²) in [6, 6.07) is 7.82. The van der Waals surface area contributed by atoms with E-state index in [0.717, 1.165) is 6.42 Å². The van der Waals surface area contributed by atoms with Crippen LogP contribution in [-0.4, -0.2) is 34.1 Å². The molecule has 1 aliphatic rings. The van der Waals surface area contributed by atoms with Gasteiger partial charge in [0.1, 0.15) is 11.7 Å². The van der Waals surface area contributed by atoms with Gasteiger partial charge in [-0.3, -0.25) is 14.5 Å². The highest BCUT2D eigenvalue weighted by Gasteiger charge is 2.39. The molecule has 5 heteroatoms. The standard InChI is InChI=1S/C16H17N3O2/c1-19(16(20)21)9-6-12-4-2-3-5-13(12)10-15(19)14-11-17-7-8-18-14/h2-5,7-8,11,15H,6,9-10H2,1H3. The number of fused-ring (bicyclic) bond motifs is 1. The largest absolute Gasteiger partial charge is 0.498 e. The van der Waals surface area contributed by atoms with Crippen LogP contribution in [0.4, 0.5) is 4.79 Å². The third-order valence-corrected chi connectivity index (χ3v) is 4.41. The fourth-order valence-electron chi connectivity index (χ4n) is 3.02. The van der Waals surface area contributed by atoms with Crippen LogP contribution in [0, 0.1) is 0 Å². The lowest BCUT2D eigenvalue weighted by atomic mass is 9.98. The zero-order valence-corrected chi connectivity index (χ0v) is 11.9. The van der Waals surface area contributed by atoms with E-state index >= 15 is 0 Å². The van der Waals surface area contributed by atoms with E-state index in [1.807, 2.05) is 12.1 Å². The number of nitrogens with zero attached hydrogens (tertiary/aromatic N) is 3. The molecule has 1 amide bonds. The Balaban J connectivity index is 2.09. The maximum Gasteiger partial charge on any atom is 0.257 e. The lowest BCUT2D eigenvalue weighted by Gasteiger charge is -2.39. The Morgan fingerprint density at radius 3 is 2.71 bits per heavy atom. The molecule has 0 spiro atoms. The van der Waals surface area contributed by atoms with E-state index in [4.69, 9.17) is 0 Å². The summed E-state index contributed by atoms with van der Waals surface area (Å²) >= 11 is 0. The highest BCUT2D eigenvalue weighted by atomic mass is 16.4. The lowest BCUT2D eigenvalue weighted by Crippen LogP contribution is -2.58. The van der Waals surface area contributed by atoms with Crippen molar-refractivity contribution in [3.8, 4) is 0 Å². The second kappa shape index (κ2) is 5.26. The lowest BCUT2D eigenvalue weighted by molar-refractivity contribution is -0.887. The Bertz CT molecular complexity index is 660. The maximum absolute atomic E-state index is 11.8. The molecule has 0 radical (unpaired) electrons. The van der Waals surface area contributed by atoms with Crippen LogP contribution in [0.2, 0.25) is 0 Å². The Labute approximate surface area is 123 Å². The molecular formula is C16H17N3O2. The number of carbonyl (C=O) groups is 1. The number of aromatic nitrogens is 2. The number of rotatable bonds is 1. The minimum absolute atomic E-state index is 0.173. The Hall–Kier alpha value is -2.27. The number of quaternary nitrogens is 1. The van der Waals surface area contributed by atoms with Crippen LogP contribution in [0.1, 0.15) is 22.9 Å². The van der Waals surface area contributed by atoms with Crippen LogP contribution in [0.5, 0.6) is 0 Å². The van der Waals surface area contributed by atoms with Gasteiger partial charge < -0.3 is 9.90 Å². The molecule has 21 heavy (non-hydrogen) atoms. The monoisotopic (exact) mass is 283 g/mol. The van der Waals surface area contributed by atoms with Crippen molar-refractivity contribution in [1.82, 2.24) is 9.97 Å². The zero-order chi connectivity index (χ0) is 14.9. The van der Waals surface area contributed by atoms with E-state index < -0.39 is 6.09 Å². The predicted molar refractivity (Wildman–Crippen MR) is 75.1 cm³/mol. The third kappa shape index (κ3) is 2.40. The van der Waals surface area contributed by atoms with Gasteiger partial charge in [-0.2, -0.15) is 0 Å². The first kappa shape index (κ1) is 13.7. The highest BCUT2D eigenvalue weighted by Crippen LogP contribution is 2.33. The molecule has 1 aromatic carbocycles. The van der Waals surface area contributed by atoms with Crippen LogP contribution in [0.3, 0.4) is 0 Å². The quantitative estimate of drug-likeness (QED) is 0.735. The topological polar surface area (TPSA) is 65.9 Å². The first-order valence-corrected chi connectivity index (χ1v) is 7.01. The summed E-state index contributed by atoms with van der Waals surface area (Å²) in [5, 5.41) is 11.8. The molecule has 0 saturated heterocycles. The molecule has 2 atom stereocenters. The van der Waals surface area contributed by atoms with Gasteiger partial charge in [0.25, 0.3) is 6.09 Å². The van der Waals surface area contributed by atoms with Crippen molar-refractivity contribution in [2.75, 3.05) is 13.6 Å². The molecule has 0 aliphatic carbocycles. The minimum atomic E-state index is -1.07. The number of benzene rings is 1. The first-order chi connectivity index (χ1) is 10.1. The number of amides is 1. The van der Waals surface area contributed by atoms with E-state index in [9.17, 15) is 9.90 Å². The van der Waals surface area contributed by atoms with Crippen molar-refractivity contribution >= 4 is 6.09 Å². The van der Waals surface area contributed by atoms with E-state index in [2.05, 4.69) is 22.1 Å². The number of carboxylic acid groups (broad SMARTS) is 1. The van der Waals surface area contributed by atoms with Gasteiger partial charge in [0.15, 0.2) is 0 Å². The van der Waals surface area contributed by atoms with Gasteiger partial charge in [-0.25, -0.2) is 0 Å². The molecule has 0 bridgehead atoms. The number of hydrogen-bond acceptors (Lipinski definition) is 4. The number of likely N-dealkylation sites (N-methyl/N-ethyl adjacent to an activating group) is 1. The van der Waals surface area contributed by atoms with Gasteiger partial charge >= 0.3 is 0 Å². The van der Waals surface area contributed by atoms with E-state index in [-0.39, 0.29) is 10.5 Å². The van der Waals surface area contributed by atoms with Crippen LogP contribution < -0.4 is 5.11 Å². The van der Waals surface area contributed by atoms with Crippen molar-refractivity contribution in [2.45, 2.75) is 18.9 Å². The molecule has 2 aromatic rings. The van der Waals surface area contributed by atoms with Crippen molar-refractivity contribution < 1.29 is 14.4 Å². The average molecular weight is 283 g/mol. The molecule has 1 aromatic heterocycles. The summed E-state index contributed by atoms with van der Waals surface area (Å²) in [5.41, 5.74) is 3.08. The summed E-state index contributed by atoms with van der Waals surface area (Å²) in [6.45, 7) is 0.487. The van der Waals surface area contributed by atoms with Gasteiger partial charge in [0.05, 0.1) is 19.8 Å². The maximum atomic E-state index is 11.8.